The van der Waals surface area contributed by atoms with Crippen molar-refractivity contribution in [3.05, 3.63) is 58.6 Å². The average Bonchev–Trinajstić information content (AvgIpc) is 3.16. The third-order valence-electron chi connectivity index (χ3n) is 6.50. The molecule has 2 aromatic carbocycles. The van der Waals surface area contributed by atoms with Crippen molar-refractivity contribution in [3.8, 4) is 11.1 Å². The van der Waals surface area contributed by atoms with Gasteiger partial charge in [0, 0.05) is 17.5 Å². The number of nitrogens with one attached hydrogen (secondary N) is 1. The number of carboxylic acid groups (broad SMARTS) is 1. The van der Waals surface area contributed by atoms with E-state index in [1.165, 1.54) is 19.3 Å². The molecule has 0 radical (unpaired) electrons. The van der Waals surface area contributed by atoms with E-state index in [0.717, 1.165) is 42.5 Å². The Morgan fingerprint density at radius 3 is 2.23 bits per heavy atom. The summed E-state index contributed by atoms with van der Waals surface area (Å²) < 4.78 is 0. The zero-order chi connectivity index (χ0) is 20.4. The summed E-state index contributed by atoms with van der Waals surface area (Å²) in [6.07, 6.45) is 6.87. The van der Waals surface area contributed by atoms with Crippen molar-refractivity contribution in [2.75, 3.05) is 6.54 Å². The van der Waals surface area contributed by atoms with Crippen LogP contribution in [0, 0.1) is 11.8 Å². The molecule has 0 aromatic heterocycles. The van der Waals surface area contributed by atoms with E-state index in [0.29, 0.717) is 10.9 Å². The Morgan fingerprint density at radius 1 is 1.00 bits per heavy atom. The fourth-order valence-electron chi connectivity index (χ4n) is 5.02. The van der Waals surface area contributed by atoms with Crippen LogP contribution in [0.4, 0.5) is 0 Å². The maximum Gasteiger partial charge on any atom is 1.00 e. The number of carbonyl (C=O) groups is 2. The number of aromatic carboxylic acids is 1. The van der Waals surface area contributed by atoms with Crippen LogP contribution in [0.2, 0.25) is 5.02 Å². The van der Waals surface area contributed by atoms with Gasteiger partial charge in [0.15, 0.2) is 0 Å². The van der Waals surface area contributed by atoms with Gasteiger partial charge in [0.1, 0.15) is 0 Å². The number of halogens is 1. The second-order valence-electron chi connectivity index (χ2n) is 8.21. The van der Waals surface area contributed by atoms with Gasteiger partial charge < -0.3 is 15.2 Å². The van der Waals surface area contributed by atoms with E-state index in [2.05, 4.69) is 11.4 Å². The number of carbonyl (C=O) groups excluding carboxylic acids is 2. The molecule has 2 atom stereocenters. The molecule has 0 spiro atoms. The predicted octanol–water partition coefficient (Wildman–Crippen LogP) is 1.17. The van der Waals surface area contributed by atoms with Crippen molar-refractivity contribution in [2.24, 2.45) is 11.8 Å². The number of amides is 1. The fraction of sp³-hybridized carbons (Fsp3) is 0.417. The first-order valence-electron chi connectivity index (χ1n) is 10.4. The third kappa shape index (κ3) is 4.94. The largest absolute Gasteiger partial charge is 1.00 e. The van der Waals surface area contributed by atoms with Crippen molar-refractivity contribution < 1.29 is 44.3 Å². The van der Waals surface area contributed by atoms with Gasteiger partial charge in [0.2, 0.25) is 5.91 Å². The van der Waals surface area contributed by atoms with Gasteiger partial charge in [-0.15, -0.1) is 0 Å². The van der Waals surface area contributed by atoms with E-state index in [9.17, 15) is 14.7 Å². The molecule has 1 aliphatic heterocycles. The second kappa shape index (κ2) is 10.3. The summed E-state index contributed by atoms with van der Waals surface area (Å²) in [4.78, 5) is 23.5. The van der Waals surface area contributed by atoms with Crippen molar-refractivity contribution >= 4 is 23.5 Å². The monoisotopic (exact) mass is 433 g/mol. The van der Waals surface area contributed by atoms with Crippen molar-refractivity contribution in [1.82, 2.24) is 5.32 Å². The van der Waals surface area contributed by atoms with Crippen molar-refractivity contribution in [3.63, 3.8) is 0 Å². The van der Waals surface area contributed by atoms with Gasteiger partial charge >= 0.3 is 29.6 Å². The van der Waals surface area contributed by atoms with E-state index >= 15 is 0 Å². The molecule has 1 amide bonds. The fourth-order valence-corrected chi connectivity index (χ4v) is 5.33. The molecule has 4 rings (SSSR count). The predicted molar refractivity (Wildman–Crippen MR) is 112 cm³/mol. The maximum atomic E-state index is 12.5. The molecule has 1 aliphatic carbocycles. The molecule has 1 saturated carbocycles. The van der Waals surface area contributed by atoms with Crippen LogP contribution < -0.4 is 40.0 Å². The van der Waals surface area contributed by atoms with Gasteiger partial charge in [-0.05, 0) is 59.4 Å². The third-order valence-corrected chi connectivity index (χ3v) is 6.82. The van der Waals surface area contributed by atoms with Crippen LogP contribution in [0.1, 0.15) is 60.4 Å². The molecule has 152 valence electrons. The SMILES string of the molecule is O=C([O-])c1ccc(-c2ccc(C(C3CCCCC3)C3CCNC3=O)c(Cl)c2)cc1.[Na+]. The van der Waals surface area contributed by atoms with Gasteiger partial charge in [0.25, 0.3) is 0 Å². The number of hydrogen-bond donors (Lipinski definition) is 1. The molecule has 30 heavy (non-hydrogen) atoms. The Labute approximate surface area is 204 Å². The molecular weight excluding hydrogens is 409 g/mol. The molecule has 4 nitrogen and oxygen atoms in total. The van der Waals surface area contributed by atoms with Crippen LogP contribution in [0.3, 0.4) is 0 Å². The topological polar surface area (TPSA) is 69.2 Å². The molecule has 2 fully saturated rings. The molecule has 6 heteroatoms. The molecule has 2 aromatic rings. The normalized spacial score (nSPS) is 20.3. The zero-order valence-corrected chi connectivity index (χ0v) is 20.1. The number of benzene rings is 2. The Kier molecular flexibility index (Phi) is 8.03. The molecule has 2 aliphatic rings. The number of rotatable bonds is 5. The van der Waals surface area contributed by atoms with Crippen LogP contribution in [0.15, 0.2) is 42.5 Å². The van der Waals surface area contributed by atoms with Gasteiger partial charge in [0.05, 0.1) is 5.97 Å². The standard InChI is InChI=1S/C24H26ClNO3.Na/c25-21-14-18(15-6-8-17(9-7-15)24(28)29)10-11-19(21)22(16-4-2-1-3-5-16)20-12-13-26-23(20)27;/h6-11,14,16,20,22H,1-5,12-13H2,(H,26,27)(H,28,29);/q;+1/p-1. The van der Waals surface area contributed by atoms with E-state index in [4.69, 9.17) is 11.6 Å². The summed E-state index contributed by atoms with van der Waals surface area (Å²) in [6, 6.07) is 12.6. The minimum atomic E-state index is -1.19. The molecule has 1 heterocycles. The van der Waals surface area contributed by atoms with E-state index in [1.54, 1.807) is 24.3 Å². The summed E-state index contributed by atoms with van der Waals surface area (Å²) in [7, 11) is 0. The molecular formula is C24H25ClNNaO3. The Hall–Kier alpha value is -1.33. The van der Waals surface area contributed by atoms with Gasteiger partial charge in [-0.3, -0.25) is 4.79 Å². The summed E-state index contributed by atoms with van der Waals surface area (Å²) in [5, 5.41) is 14.6. The van der Waals surface area contributed by atoms with Crippen LogP contribution in [0.25, 0.3) is 11.1 Å². The summed E-state index contributed by atoms with van der Waals surface area (Å²) in [5.41, 5.74) is 3.05. The van der Waals surface area contributed by atoms with Crippen molar-refractivity contribution in [1.29, 1.82) is 0 Å². The minimum Gasteiger partial charge on any atom is -0.545 e. The van der Waals surface area contributed by atoms with E-state index in [1.807, 2.05) is 12.1 Å². The molecule has 0 bridgehead atoms. The van der Waals surface area contributed by atoms with Crippen LogP contribution >= 0.6 is 11.6 Å². The minimum absolute atomic E-state index is 0. The quantitative estimate of drug-likeness (QED) is 0.720. The van der Waals surface area contributed by atoms with Crippen LogP contribution in [-0.2, 0) is 4.79 Å². The Balaban J connectivity index is 0.00000256. The number of hydrogen-bond acceptors (Lipinski definition) is 3. The molecule has 1 saturated heterocycles. The first-order chi connectivity index (χ1) is 14.0. The summed E-state index contributed by atoms with van der Waals surface area (Å²) >= 11 is 6.77. The maximum absolute atomic E-state index is 12.5. The summed E-state index contributed by atoms with van der Waals surface area (Å²) in [6.45, 7) is 0.743. The van der Waals surface area contributed by atoms with Gasteiger partial charge in [-0.1, -0.05) is 67.3 Å². The first kappa shape index (κ1) is 23.3. The zero-order valence-electron chi connectivity index (χ0n) is 17.3. The summed E-state index contributed by atoms with van der Waals surface area (Å²) in [5.74, 6) is -0.402. The van der Waals surface area contributed by atoms with Gasteiger partial charge in [-0.2, -0.15) is 0 Å². The second-order valence-corrected chi connectivity index (χ2v) is 8.62. The number of carboxylic acids is 1. The van der Waals surface area contributed by atoms with Crippen LogP contribution in [-0.4, -0.2) is 18.4 Å². The smallest absolute Gasteiger partial charge is 0.545 e. The van der Waals surface area contributed by atoms with Crippen molar-refractivity contribution in [2.45, 2.75) is 44.4 Å². The van der Waals surface area contributed by atoms with Gasteiger partial charge in [-0.25, -0.2) is 0 Å². The van der Waals surface area contributed by atoms with E-state index in [-0.39, 0.29) is 52.9 Å². The molecule has 2 unspecified atom stereocenters. The first-order valence-corrected chi connectivity index (χ1v) is 10.8. The Morgan fingerprint density at radius 2 is 1.67 bits per heavy atom. The average molecular weight is 434 g/mol. The van der Waals surface area contributed by atoms with Crippen LogP contribution in [0.5, 0.6) is 0 Å². The molecule has 1 N–H and O–H groups in total. The Bertz CT molecular complexity index is 909. The van der Waals surface area contributed by atoms with E-state index < -0.39 is 5.97 Å².